The molecule has 2 amide bonds. The van der Waals surface area contributed by atoms with Crippen LogP contribution < -0.4 is 0 Å². The molecule has 0 spiro atoms. The highest BCUT2D eigenvalue weighted by atomic mass is 35.5. The summed E-state index contributed by atoms with van der Waals surface area (Å²) in [6, 6.07) is 12.9. The van der Waals surface area contributed by atoms with Crippen molar-refractivity contribution in [1.29, 1.82) is 0 Å². The van der Waals surface area contributed by atoms with Gasteiger partial charge in [-0.25, -0.2) is 17.5 Å². The summed E-state index contributed by atoms with van der Waals surface area (Å²) in [4.78, 5) is 14.7. The summed E-state index contributed by atoms with van der Waals surface area (Å²) in [7, 11) is -3.95. The van der Waals surface area contributed by atoms with Gasteiger partial charge in [0.1, 0.15) is 0 Å². The first-order chi connectivity index (χ1) is 12.4. The summed E-state index contributed by atoms with van der Waals surface area (Å²) in [5.74, 6) is 0. The molecule has 0 aromatic heterocycles. The van der Waals surface area contributed by atoms with Gasteiger partial charge in [0.05, 0.1) is 11.4 Å². The molecule has 0 radical (unpaired) electrons. The zero-order valence-electron chi connectivity index (χ0n) is 14.6. The lowest BCUT2D eigenvalue weighted by Gasteiger charge is -2.27. The Morgan fingerprint density at radius 2 is 1.62 bits per heavy atom. The molecule has 1 heterocycles. The fraction of sp³-hybridized carbons (Fsp3) is 0.316. The number of hydrogen-bond acceptors (Lipinski definition) is 3. The molecule has 0 saturated carbocycles. The molecule has 1 saturated heterocycles. The number of sulfonamides is 1. The number of rotatable bonds is 4. The quantitative estimate of drug-likeness (QED) is 0.788. The van der Waals surface area contributed by atoms with Gasteiger partial charge >= 0.3 is 6.03 Å². The first kappa shape index (κ1) is 18.7. The van der Waals surface area contributed by atoms with Crippen LogP contribution in [-0.2, 0) is 16.6 Å². The van der Waals surface area contributed by atoms with Crippen LogP contribution in [0.1, 0.15) is 24.0 Å². The fourth-order valence-corrected chi connectivity index (χ4v) is 4.42. The van der Waals surface area contributed by atoms with Crippen LogP contribution in [0.25, 0.3) is 0 Å². The highest BCUT2D eigenvalue weighted by molar-refractivity contribution is 7.89. The molecule has 138 valence electrons. The van der Waals surface area contributed by atoms with Crippen molar-refractivity contribution >= 4 is 27.7 Å². The van der Waals surface area contributed by atoms with E-state index >= 15 is 0 Å². The Morgan fingerprint density at radius 3 is 2.19 bits per heavy atom. The summed E-state index contributed by atoms with van der Waals surface area (Å²) in [5.41, 5.74) is 1.66. The standard InChI is InChI=1S/C19H21ClN2O3S/c1-15-4-10-18(11-5-15)26(24,25)22(19(23)21-12-2-3-13-21)14-16-6-8-17(20)9-7-16/h4-11H,2-3,12-14H2,1H3. The molecule has 0 bridgehead atoms. The molecule has 1 aliphatic heterocycles. The van der Waals surface area contributed by atoms with Gasteiger partial charge in [-0.1, -0.05) is 41.4 Å². The normalized spacial score (nSPS) is 14.5. The van der Waals surface area contributed by atoms with E-state index in [2.05, 4.69) is 0 Å². The van der Waals surface area contributed by atoms with Gasteiger partial charge < -0.3 is 4.90 Å². The third kappa shape index (κ3) is 4.02. The van der Waals surface area contributed by atoms with Gasteiger partial charge in [0.15, 0.2) is 0 Å². The molecule has 0 atom stereocenters. The van der Waals surface area contributed by atoms with Crippen molar-refractivity contribution in [3.63, 3.8) is 0 Å². The average molecular weight is 393 g/mol. The van der Waals surface area contributed by atoms with E-state index in [0.717, 1.165) is 22.7 Å². The first-order valence-corrected chi connectivity index (χ1v) is 10.3. The van der Waals surface area contributed by atoms with Crippen LogP contribution in [0.2, 0.25) is 5.02 Å². The molecule has 1 fully saturated rings. The number of amides is 2. The van der Waals surface area contributed by atoms with Crippen LogP contribution in [0, 0.1) is 6.92 Å². The van der Waals surface area contributed by atoms with Gasteiger partial charge in [0.25, 0.3) is 10.0 Å². The van der Waals surface area contributed by atoms with E-state index in [1.807, 2.05) is 6.92 Å². The first-order valence-electron chi connectivity index (χ1n) is 8.51. The topological polar surface area (TPSA) is 57.7 Å². The van der Waals surface area contributed by atoms with E-state index in [0.29, 0.717) is 23.7 Å². The molecule has 26 heavy (non-hydrogen) atoms. The zero-order valence-corrected chi connectivity index (χ0v) is 16.1. The Bertz CT molecular complexity index is 874. The molecule has 0 unspecified atom stereocenters. The number of benzene rings is 2. The second-order valence-corrected chi connectivity index (χ2v) is 8.73. The average Bonchev–Trinajstić information content (AvgIpc) is 3.15. The minimum absolute atomic E-state index is 0.0251. The lowest BCUT2D eigenvalue weighted by molar-refractivity contribution is 0.187. The number of urea groups is 1. The maximum Gasteiger partial charge on any atom is 0.334 e. The molecule has 0 aliphatic carbocycles. The molecule has 0 N–H and O–H groups in total. The Morgan fingerprint density at radius 1 is 1.04 bits per heavy atom. The SMILES string of the molecule is Cc1ccc(S(=O)(=O)N(Cc2ccc(Cl)cc2)C(=O)N2CCCC2)cc1. The Kier molecular flexibility index (Phi) is 5.53. The van der Waals surface area contributed by atoms with Crippen molar-refractivity contribution in [3.05, 3.63) is 64.7 Å². The Labute approximate surface area is 159 Å². The summed E-state index contributed by atoms with van der Waals surface area (Å²) < 4.78 is 27.3. The monoisotopic (exact) mass is 392 g/mol. The fourth-order valence-electron chi connectivity index (χ4n) is 2.91. The van der Waals surface area contributed by atoms with Crippen molar-refractivity contribution in [2.75, 3.05) is 13.1 Å². The van der Waals surface area contributed by atoms with Crippen molar-refractivity contribution in [2.45, 2.75) is 31.2 Å². The molecular formula is C19H21ClN2O3S. The van der Waals surface area contributed by atoms with Crippen molar-refractivity contribution in [3.8, 4) is 0 Å². The van der Waals surface area contributed by atoms with E-state index in [1.165, 1.54) is 12.1 Å². The molecule has 1 aliphatic rings. The van der Waals surface area contributed by atoms with Gasteiger partial charge in [-0.15, -0.1) is 0 Å². The van der Waals surface area contributed by atoms with Crippen LogP contribution in [-0.4, -0.2) is 36.7 Å². The number of likely N-dealkylation sites (tertiary alicyclic amines) is 1. The number of hydrogen-bond donors (Lipinski definition) is 0. The summed E-state index contributed by atoms with van der Waals surface area (Å²) in [6.45, 7) is 3.03. The minimum atomic E-state index is -3.95. The number of aryl methyl sites for hydroxylation is 1. The van der Waals surface area contributed by atoms with Gasteiger partial charge in [-0.05, 0) is 49.6 Å². The van der Waals surface area contributed by atoms with Crippen LogP contribution in [0.5, 0.6) is 0 Å². The second-order valence-electron chi connectivity index (χ2n) is 6.43. The second kappa shape index (κ2) is 7.68. The van der Waals surface area contributed by atoms with Crippen LogP contribution in [0.4, 0.5) is 4.79 Å². The molecular weight excluding hydrogens is 372 g/mol. The van der Waals surface area contributed by atoms with Crippen molar-refractivity contribution in [2.24, 2.45) is 0 Å². The van der Waals surface area contributed by atoms with Crippen LogP contribution >= 0.6 is 11.6 Å². The lowest BCUT2D eigenvalue weighted by atomic mass is 10.2. The number of halogens is 1. The van der Waals surface area contributed by atoms with E-state index in [4.69, 9.17) is 11.6 Å². The maximum atomic E-state index is 13.2. The van der Waals surface area contributed by atoms with Gasteiger partial charge in [-0.3, -0.25) is 0 Å². The van der Waals surface area contributed by atoms with E-state index < -0.39 is 16.1 Å². The summed E-state index contributed by atoms with van der Waals surface area (Å²) in [5, 5.41) is 0.563. The number of carbonyl (C=O) groups is 1. The lowest BCUT2D eigenvalue weighted by Crippen LogP contribution is -2.44. The smallest absolute Gasteiger partial charge is 0.324 e. The van der Waals surface area contributed by atoms with Crippen LogP contribution in [0.3, 0.4) is 0 Å². The predicted octanol–water partition coefficient (Wildman–Crippen LogP) is 4.06. The molecule has 2 aromatic rings. The van der Waals surface area contributed by atoms with E-state index in [1.54, 1.807) is 41.3 Å². The van der Waals surface area contributed by atoms with Gasteiger partial charge in [0, 0.05) is 18.1 Å². The highest BCUT2D eigenvalue weighted by Crippen LogP contribution is 2.23. The summed E-state index contributed by atoms with van der Waals surface area (Å²) >= 11 is 5.91. The third-order valence-electron chi connectivity index (χ3n) is 4.44. The van der Waals surface area contributed by atoms with Crippen LogP contribution in [0.15, 0.2) is 53.4 Å². The van der Waals surface area contributed by atoms with E-state index in [-0.39, 0.29) is 11.4 Å². The Balaban J connectivity index is 1.96. The molecule has 5 nitrogen and oxygen atoms in total. The Hall–Kier alpha value is -2.05. The maximum absolute atomic E-state index is 13.2. The largest absolute Gasteiger partial charge is 0.334 e. The highest BCUT2D eigenvalue weighted by Gasteiger charge is 2.33. The predicted molar refractivity (Wildman–Crippen MR) is 102 cm³/mol. The third-order valence-corrected chi connectivity index (χ3v) is 6.42. The molecule has 3 rings (SSSR count). The van der Waals surface area contributed by atoms with Crippen molar-refractivity contribution in [1.82, 2.24) is 9.21 Å². The van der Waals surface area contributed by atoms with Crippen molar-refractivity contribution < 1.29 is 13.2 Å². The van der Waals surface area contributed by atoms with Gasteiger partial charge in [-0.2, -0.15) is 0 Å². The summed E-state index contributed by atoms with van der Waals surface area (Å²) in [6.07, 6.45) is 1.79. The molecule has 2 aromatic carbocycles. The van der Waals surface area contributed by atoms with Gasteiger partial charge in [0.2, 0.25) is 0 Å². The zero-order chi connectivity index (χ0) is 18.7. The number of nitrogens with zero attached hydrogens (tertiary/aromatic N) is 2. The number of carbonyl (C=O) groups excluding carboxylic acids is 1. The van der Waals surface area contributed by atoms with E-state index in [9.17, 15) is 13.2 Å². The molecule has 7 heteroatoms. The minimum Gasteiger partial charge on any atom is -0.324 e.